The number of aliphatic hydroxyl groups excluding tert-OH is 1. The minimum absolute atomic E-state index is 0.0941. The van der Waals surface area contributed by atoms with Crippen LogP contribution in [0.1, 0.15) is 26.2 Å². The second-order valence-electron chi connectivity index (χ2n) is 3.68. The predicted molar refractivity (Wildman–Crippen MR) is 47.7 cm³/mol. The van der Waals surface area contributed by atoms with Gasteiger partial charge in [-0.05, 0) is 18.3 Å². The summed E-state index contributed by atoms with van der Waals surface area (Å²) in [7, 11) is 0. The van der Waals surface area contributed by atoms with Crippen LogP contribution in [0.3, 0.4) is 0 Å². The molecule has 68 valence electrons. The SMILES string of the molecule is C=CCC(=O)C[C@@H](O)[C@@H]1C[C@H]1C. The molecule has 0 amide bonds. The molecule has 1 rings (SSSR count). The lowest BCUT2D eigenvalue weighted by atomic mass is 10.1. The first-order valence-electron chi connectivity index (χ1n) is 4.45. The molecule has 1 aliphatic rings. The molecule has 0 spiro atoms. The topological polar surface area (TPSA) is 37.3 Å². The normalized spacial score (nSPS) is 29.5. The van der Waals surface area contributed by atoms with Crippen molar-refractivity contribution in [3.63, 3.8) is 0 Å². The number of carbonyl (C=O) groups is 1. The van der Waals surface area contributed by atoms with Crippen molar-refractivity contribution < 1.29 is 9.90 Å². The molecule has 1 N–H and O–H groups in total. The summed E-state index contributed by atoms with van der Waals surface area (Å²) in [6.07, 6.45) is 2.94. The highest BCUT2D eigenvalue weighted by Crippen LogP contribution is 2.41. The molecule has 12 heavy (non-hydrogen) atoms. The van der Waals surface area contributed by atoms with E-state index in [1.54, 1.807) is 6.08 Å². The van der Waals surface area contributed by atoms with Gasteiger partial charge in [0, 0.05) is 12.8 Å². The second kappa shape index (κ2) is 3.85. The van der Waals surface area contributed by atoms with Crippen LogP contribution in [0.5, 0.6) is 0 Å². The Bertz CT molecular complexity index is 186. The van der Waals surface area contributed by atoms with E-state index in [1.165, 1.54) is 0 Å². The number of Topliss-reactive ketones (excluding diaryl/α,β-unsaturated/α-hetero) is 1. The van der Waals surface area contributed by atoms with Crippen LogP contribution in [0, 0.1) is 11.8 Å². The van der Waals surface area contributed by atoms with E-state index < -0.39 is 6.10 Å². The van der Waals surface area contributed by atoms with Gasteiger partial charge in [0.25, 0.3) is 0 Å². The van der Waals surface area contributed by atoms with Crippen LogP contribution in [-0.4, -0.2) is 17.0 Å². The third kappa shape index (κ3) is 2.45. The van der Waals surface area contributed by atoms with Gasteiger partial charge in [0.2, 0.25) is 0 Å². The summed E-state index contributed by atoms with van der Waals surface area (Å²) in [6, 6.07) is 0. The molecule has 0 aliphatic heterocycles. The fourth-order valence-corrected chi connectivity index (χ4v) is 1.52. The zero-order chi connectivity index (χ0) is 9.14. The van der Waals surface area contributed by atoms with Crippen molar-refractivity contribution in [3.8, 4) is 0 Å². The molecule has 0 aromatic rings. The van der Waals surface area contributed by atoms with E-state index in [0.717, 1.165) is 6.42 Å². The molecule has 1 saturated carbocycles. The molecule has 3 atom stereocenters. The molecule has 0 heterocycles. The number of aliphatic hydroxyl groups is 1. The third-order valence-electron chi connectivity index (χ3n) is 2.47. The average Bonchev–Trinajstić information content (AvgIpc) is 2.67. The van der Waals surface area contributed by atoms with Crippen LogP contribution < -0.4 is 0 Å². The first kappa shape index (κ1) is 9.46. The highest BCUT2D eigenvalue weighted by Gasteiger charge is 2.38. The van der Waals surface area contributed by atoms with Crippen molar-refractivity contribution in [2.24, 2.45) is 11.8 Å². The minimum Gasteiger partial charge on any atom is -0.392 e. The van der Waals surface area contributed by atoms with Crippen molar-refractivity contribution in [1.29, 1.82) is 0 Å². The Hall–Kier alpha value is -0.630. The first-order chi connectivity index (χ1) is 5.65. The maximum Gasteiger partial charge on any atom is 0.139 e. The lowest BCUT2D eigenvalue weighted by Crippen LogP contribution is -2.15. The Morgan fingerprint density at radius 3 is 2.83 bits per heavy atom. The highest BCUT2D eigenvalue weighted by atomic mass is 16.3. The number of rotatable bonds is 5. The number of carbonyl (C=O) groups excluding carboxylic acids is 1. The van der Waals surface area contributed by atoms with Crippen molar-refractivity contribution in [2.75, 3.05) is 0 Å². The predicted octanol–water partition coefficient (Wildman–Crippen LogP) is 1.54. The van der Waals surface area contributed by atoms with Gasteiger partial charge >= 0.3 is 0 Å². The average molecular weight is 168 g/mol. The second-order valence-corrected chi connectivity index (χ2v) is 3.68. The third-order valence-corrected chi connectivity index (χ3v) is 2.47. The van der Waals surface area contributed by atoms with Crippen LogP contribution in [0.2, 0.25) is 0 Å². The zero-order valence-electron chi connectivity index (χ0n) is 7.49. The summed E-state index contributed by atoms with van der Waals surface area (Å²) in [4.78, 5) is 11.1. The Morgan fingerprint density at radius 1 is 1.83 bits per heavy atom. The number of hydrogen-bond donors (Lipinski definition) is 1. The first-order valence-corrected chi connectivity index (χ1v) is 4.45. The summed E-state index contributed by atoms with van der Waals surface area (Å²) in [5.74, 6) is 1.08. The maximum absolute atomic E-state index is 11.1. The lowest BCUT2D eigenvalue weighted by molar-refractivity contribution is -0.120. The largest absolute Gasteiger partial charge is 0.392 e. The maximum atomic E-state index is 11.1. The molecule has 1 aliphatic carbocycles. The van der Waals surface area contributed by atoms with Gasteiger partial charge in [0.05, 0.1) is 6.10 Å². The summed E-state index contributed by atoms with van der Waals surface area (Å²) in [5, 5.41) is 9.50. The Labute approximate surface area is 73.3 Å². The van der Waals surface area contributed by atoms with Crippen LogP contribution in [0.15, 0.2) is 12.7 Å². The van der Waals surface area contributed by atoms with Gasteiger partial charge < -0.3 is 5.11 Å². The molecule has 1 fully saturated rings. The van der Waals surface area contributed by atoms with Crippen molar-refractivity contribution in [3.05, 3.63) is 12.7 Å². The summed E-state index contributed by atoms with van der Waals surface area (Å²) in [6.45, 7) is 5.58. The van der Waals surface area contributed by atoms with E-state index >= 15 is 0 Å². The summed E-state index contributed by atoms with van der Waals surface area (Å²) in [5.41, 5.74) is 0. The van der Waals surface area contributed by atoms with Gasteiger partial charge in [-0.25, -0.2) is 0 Å². The van der Waals surface area contributed by atoms with Gasteiger partial charge in [0.1, 0.15) is 5.78 Å². The van der Waals surface area contributed by atoms with Gasteiger partial charge in [0.15, 0.2) is 0 Å². The highest BCUT2D eigenvalue weighted by molar-refractivity contribution is 5.80. The molecule has 2 heteroatoms. The molecular formula is C10H16O2. The fraction of sp³-hybridized carbons (Fsp3) is 0.700. The molecule has 0 radical (unpaired) electrons. The van der Waals surface area contributed by atoms with Crippen molar-refractivity contribution >= 4 is 5.78 Å². The van der Waals surface area contributed by atoms with Crippen LogP contribution in [-0.2, 0) is 4.79 Å². The van der Waals surface area contributed by atoms with Crippen LogP contribution in [0.4, 0.5) is 0 Å². The molecule has 0 bridgehead atoms. The Kier molecular flexibility index (Phi) is 3.04. The van der Waals surface area contributed by atoms with E-state index in [1.807, 2.05) is 0 Å². The van der Waals surface area contributed by atoms with E-state index in [2.05, 4.69) is 13.5 Å². The molecule has 0 saturated heterocycles. The quantitative estimate of drug-likeness (QED) is 0.632. The van der Waals surface area contributed by atoms with E-state index in [0.29, 0.717) is 24.7 Å². The van der Waals surface area contributed by atoms with Crippen molar-refractivity contribution in [2.45, 2.75) is 32.3 Å². The number of hydrogen-bond acceptors (Lipinski definition) is 2. The Balaban J connectivity index is 2.21. The van der Waals surface area contributed by atoms with Crippen LogP contribution >= 0.6 is 0 Å². The van der Waals surface area contributed by atoms with Crippen LogP contribution in [0.25, 0.3) is 0 Å². The van der Waals surface area contributed by atoms with Crippen molar-refractivity contribution in [1.82, 2.24) is 0 Å². The molecule has 0 unspecified atom stereocenters. The van der Waals surface area contributed by atoms with E-state index in [-0.39, 0.29) is 5.78 Å². The smallest absolute Gasteiger partial charge is 0.139 e. The minimum atomic E-state index is -0.410. The number of ketones is 1. The van der Waals surface area contributed by atoms with Gasteiger partial charge in [-0.2, -0.15) is 0 Å². The molecular weight excluding hydrogens is 152 g/mol. The standard InChI is InChI=1S/C10H16O2/c1-3-4-8(11)6-10(12)9-5-7(9)2/h3,7,9-10,12H,1,4-6H2,2H3/t7-,9-,10-/m1/s1. The van der Waals surface area contributed by atoms with Gasteiger partial charge in [-0.3, -0.25) is 4.79 Å². The lowest BCUT2D eigenvalue weighted by Gasteiger charge is -2.06. The summed E-state index contributed by atoms with van der Waals surface area (Å²) < 4.78 is 0. The molecule has 0 aromatic heterocycles. The Morgan fingerprint density at radius 2 is 2.42 bits per heavy atom. The van der Waals surface area contributed by atoms with Gasteiger partial charge in [-0.15, -0.1) is 6.58 Å². The monoisotopic (exact) mass is 168 g/mol. The fourth-order valence-electron chi connectivity index (χ4n) is 1.52. The van der Waals surface area contributed by atoms with Gasteiger partial charge in [-0.1, -0.05) is 13.0 Å². The number of allylic oxidation sites excluding steroid dienone is 1. The summed E-state index contributed by atoms with van der Waals surface area (Å²) >= 11 is 0. The van der Waals surface area contributed by atoms with E-state index in [9.17, 15) is 9.90 Å². The van der Waals surface area contributed by atoms with E-state index in [4.69, 9.17) is 0 Å². The molecule has 0 aromatic carbocycles. The molecule has 2 nitrogen and oxygen atoms in total. The zero-order valence-corrected chi connectivity index (χ0v) is 7.49.